The lowest BCUT2D eigenvalue weighted by Crippen LogP contribution is -2.03. The van der Waals surface area contributed by atoms with Crippen LogP contribution >= 0.6 is 11.8 Å². The molecule has 0 unspecified atom stereocenters. The molecule has 0 amide bonds. The molecule has 0 atom stereocenters. The van der Waals surface area contributed by atoms with Gasteiger partial charge in [-0.3, -0.25) is 0 Å². The van der Waals surface area contributed by atoms with Crippen LogP contribution in [0.3, 0.4) is 0 Å². The first kappa shape index (κ1) is 9.45. The van der Waals surface area contributed by atoms with Crippen LogP contribution in [-0.4, -0.2) is 15.5 Å². The molecule has 0 spiro atoms. The van der Waals surface area contributed by atoms with Gasteiger partial charge in [-0.15, -0.1) is 11.8 Å². The van der Waals surface area contributed by atoms with Crippen molar-refractivity contribution in [3.05, 3.63) is 6.07 Å². The number of hydrogen-bond acceptors (Lipinski definition) is 3. The van der Waals surface area contributed by atoms with Crippen molar-refractivity contribution in [2.24, 2.45) is 0 Å². The summed E-state index contributed by atoms with van der Waals surface area (Å²) in [5, 5.41) is 5.37. The van der Waals surface area contributed by atoms with Crippen LogP contribution in [0.2, 0.25) is 0 Å². The summed E-state index contributed by atoms with van der Waals surface area (Å²) in [7, 11) is 0. The van der Waals surface area contributed by atoms with Gasteiger partial charge in [0.15, 0.2) is 0 Å². The third-order valence-corrected chi connectivity index (χ3v) is 2.30. The summed E-state index contributed by atoms with van der Waals surface area (Å²) in [5.41, 5.74) is 5.74. The standard InChI is InChI=1S/C8H15N3S/c1-3-5-11-7(9)6-8(10-11)12-4-2/h6H,3-5,9H2,1-2H3. The van der Waals surface area contributed by atoms with E-state index in [1.165, 1.54) is 0 Å². The van der Waals surface area contributed by atoms with E-state index in [1.54, 1.807) is 11.8 Å². The van der Waals surface area contributed by atoms with Crippen LogP contribution in [0.25, 0.3) is 0 Å². The molecule has 1 rings (SSSR count). The minimum absolute atomic E-state index is 0.771. The Morgan fingerprint density at radius 2 is 2.33 bits per heavy atom. The van der Waals surface area contributed by atoms with Crippen molar-refractivity contribution in [1.29, 1.82) is 0 Å². The Morgan fingerprint density at radius 3 is 2.92 bits per heavy atom. The summed E-state index contributed by atoms with van der Waals surface area (Å²) >= 11 is 1.72. The average Bonchev–Trinajstić information content (AvgIpc) is 2.34. The maximum absolute atomic E-state index is 5.74. The summed E-state index contributed by atoms with van der Waals surface area (Å²) < 4.78 is 1.86. The molecule has 0 radical (unpaired) electrons. The van der Waals surface area contributed by atoms with Gasteiger partial charge in [-0.25, -0.2) is 4.68 Å². The lowest BCUT2D eigenvalue weighted by atomic mass is 10.5. The molecule has 68 valence electrons. The van der Waals surface area contributed by atoms with Gasteiger partial charge in [-0.05, 0) is 12.2 Å². The number of nitrogen functional groups attached to an aromatic ring is 1. The molecule has 0 aliphatic heterocycles. The van der Waals surface area contributed by atoms with Gasteiger partial charge < -0.3 is 5.73 Å². The zero-order valence-corrected chi connectivity index (χ0v) is 8.40. The molecule has 1 heterocycles. The number of nitrogens with zero attached hydrogens (tertiary/aromatic N) is 2. The van der Waals surface area contributed by atoms with Crippen molar-refractivity contribution >= 4 is 17.6 Å². The number of nitrogens with two attached hydrogens (primary N) is 1. The molecular formula is C8H15N3S. The highest BCUT2D eigenvalue weighted by Crippen LogP contribution is 2.18. The highest BCUT2D eigenvalue weighted by molar-refractivity contribution is 7.99. The lowest BCUT2D eigenvalue weighted by molar-refractivity contribution is 0.597. The molecule has 0 aliphatic rings. The molecule has 0 aliphatic carbocycles. The quantitative estimate of drug-likeness (QED) is 0.729. The zero-order valence-electron chi connectivity index (χ0n) is 7.58. The van der Waals surface area contributed by atoms with E-state index in [0.717, 1.165) is 29.6 Å². The third kappa shape index (κ3) is 2.17. The van der Waals surface area contributed by atoms with E-state index in [0.29, 0.717) is 0 Å². The Morgan fingerprint density at radius 1 is 1.58 bits per heavy atom. The minimum atomic E-state index is 0.771. The van der Waals surface area contributed by atoms with Gasteiger partial charge in [-0.1, -0.05) is 13.8 Å². The van der Waals surface area contributed by atoms with E-state index in [1.807, 2.05) is 10.7 Å². The second kappa shape index (κ2) is 4.40. The SMILES string of the molecule is CCCn1nc(SCC)cc1N. The van der Waals surface area contributed by atoms with Crippen molar-refractivity contribution in [2.75, 3.05) is 11.5 Å². The van der Waals surface area contributed by atoms with Crippen molar-refractivity contribution < 1.29 is 0 Å². The lowest BCUT2D eigenvalue weighted by Gasteiger charge is -1.98. The molecule has 0 saturated carbocycles. The van der Waals surface area contributed by atoms with E-state index < -0.39 is 0 Å². The molecule has 3 nitrogen and oxygen atoms in total. The topological polar surface area (TPSA) is 43.8 Å². The van der Waals surface area contributed by atoms with E-state index in [9.17, 15) is 0 Å². The fourth-order valence-corrected chi connectivity index (χ4v) is 1.67. The predicted molar refractivity (Wildman–Crippen MR) is 53.3 cm³/mol. The number of anilines is 1. The van der Waals surface area contributed by atoms with Gasteiger partial charge >= 0.3 is 0 Å². The van der Waals surface area contributed by atoms with Crippen LogP contribution in [0.15, 0.2) is 11.1 Å². The largest absolute Gasteiger partial charge is 0.384 e. The van der Waals surface area contributed by atoms with Crippen LogP contribution < -0.4 is 5.73 Å². The van der Waals surface area contributed by atoms with Crippen LogP contribution in [0.5, 0.6) is 0 Å². The monoisotopic (exact) mass is 185 g/mol. The third-order valence-electron chi connectivity index (χ3n) is 1.52. The van der Waals surface area contributed by atoms with Crippen LogP contribution in [-0.2, 0) is 6.54 Å². The van der Waals surface area contributed by atoms with Gasteiger partial charge in [0.25, 0.3) is 0 Å². The van der Waals surface area contributed by atoms with Gasteiger partial charge in [0.2, 0.25) is 0 Å². The normalized spacial score (nSPS) is 10.5. The Hall–Kier alpha value is -0.640. The Labute approximate surface area is 77.3 Å². The number of thioether (sulfide) groups is 1. The smallest absolute Gasteiger partial charge is 0.122 e. The van der Waals surface area contributed by atoms with E-state index in [2.05, 4.69) is 18.9 Å². The Kier molecular flexibility index (Phi) is 3.47. The van der Waals surface area contributed by atoms with E-state index in [4.69, 9.17) is 5.73 Å². The molecule has 12 heavy (non-hydrogen) atoms. The highest BCUT2D eigenvalue weighted by atomic mass is 32.2. The number of aromatic nitrogens is 2. The fraction of sp³-hybridized carbons (Fsp3) is 0.625. The molecular weight excluding hydrogens is 170 g/mol. The van der Waals surface area contributed by atoms with Gasteiger partial charge in [0.05, 0.1) is 0 Å². The van der Waals surface area contributed by atoms with Crippen molar-refractivity contribution in [3.63, 3.8) is 0 Å². The predicted octanol–water partition coefficient (Wildman–Crippen LogP) is 1.99. The zero-order chi connectivity index (χ0) is 8.97. The molecule has 0 bridgehead atoms. The highest BCUT2D eigenvalue weighted by Gasteiger charge is 2.02. The second-order valence-electron chi connectivity index (χ2n) is 2.56. The summed E-state index contributed by atoms with van der Waals surface area (Å²) in [6.07, 6.45) is 1.07. The molecule has 0 fully saturated rings. The van der Waals surface area contributed by atoms with Crippen LogP contribution in [0.4, 0.5) is 5.82 Å². The van der Waals surface area contributed by atoms with E-state index >= 15 is 0 Å². The fourth-order valence-electron chi connectivity index (χ4n) is 1.02. The average molecular weight is 185 g/mol. The van der Waals surface area contributed by atoms with Gasteiger partial charge in [-0.2, -0.15) is 5.10 Å². The first-order valence-corrected chi connectivity index (χ1v) is 5.22. The molecule has 0 saturated heterocycles. The molecule has 2 N–H and O–H groups in total. The number of hydrogen-bond donors (Lipinski definition) is 1. The van der Waals surface area contributed by atoms with Crippen molar-refractivity contribution in [1.82, 2.24) is 9.78 Å². The van der Waals surface area contributed by atoms with E-state index in [-0.39, 0.29) is 0 Å². The molecule has 4 heteroatoms. The molecule has 1 aromatic rings. The van der Waals surface area contributed by atoms with Gasteiger partial charge in [0, 0.05) is 12.6 Å². The van der Waals surface area contributed by atoms with Crippen molar-refractivity contribution in [3.8, 4) is 0 Å². The van der Waals surface area contributed by atoms with Crippen LogP contribution in [0, 0.1) is 0 Å². The first-order chi connectivity index (χ1) is 5.77. The van der Waals surface area contributed by atoms with Gasteiger partial charge in [0.1, 0.15) is 10.8 Å². The number of rotatable bonds is 4. The maximum Gasteiger partial charge on any atom is 0.122 e. The summed E-state index contributed by atoms with van der Waals surface area (Å²) in [6, 6.07) is 1.93. The maximum atomic E-state index is 5.74. The number of aryl methyl sites for hydroxylation is 1. The second-order valence-corrected chi connectivity index (χ2v) is 3.85. The summed E-state index contributed by atoms with van der Waals surface area (Å²) in [6.45, 7) is 5.14. The Balaban J connectivity index is 2.70. The van der Waals surface area contributed by atoms with Crippen LogP contribution in [0.1, 0.15) is 20.3 Å². The summed E-state index contributed by atoms with van der Waals surface area (Å²) in [4.78, 5) is 0. The first-order valence-electron chi connectivity index (χ1n) is 4.24. The molecule has 0 aromatic carbocycles. The minimum Gasteiger partial charge on any atom is -0.384 e. The Bertz CT molecular complexity index is 244. The van der Waals surface area contributed by atoms with Crippen molar-refractivity contribution in [2.45, 2.75) is 31.8 Å². The molecule has 1 aromatic heterocycles. The summed E-state index contributed by atoms with van der Waals surface area (Å²) in [5.74, 6) is 1.82.